The Morgan fingerprint density at radius 2 is 1.15 bits per heavy atom. The molecule has 0 N–H and O–H groups in total. The van der Waals surface area contributed by atoms with E-state index in [0.717, 1.165) is 33.8 Å². The Labute approximate surface area is 234 Å². The van der Waals surface area contributed by atoms with Crippen LogP contribution >= 0.6 is 0 Å². The largest absolute Gasteiger partial charge is 0.306 e. The first-order chi connectivity index (χ1) is 20.2. The molecule has 7 heteroatoms. The summed E-state index contributed by atoms with van der Waals surface area (Å²) in [7, 11) is 0. The van der Waals surface area contributed by atoms with Gasteiger partial charge in [0.05, 0.1) is 34.1 Å². The third kappa shape index (κ3) is 3.09. The van der Waals surface area contributed by atoms with Crippen molar-refractivity contribution in [1.29, 1.82) is 10.5 Å². The van der Waals surface area contributed by atoms with Gasteiger partial charge in [-0.1, -0.05) is 60.7 Å². The molecular weight excluding hydrogens is 511 g/mol. The molecule has 0 saturated heterocycles. The monoisotopic (exact) mass is 528 g/mol. The van der Waals surface area contributed by atoms with Gasteiger partial charge in [-0.25, -0.2) is 14.4 Å². The molecule has 190 valence electrons. The maximum absolute atomic E-state index is 16.3. The van der Waals surface area contributed by atoms with E-state index in [9.17, 15) is 10.5 Å². The number of anilines is 6. The lowest BCUT2D eigenvalue weighted by Gasteiger charge is -2.40. The summed E-state index contributed by atoms with van der Waals surface area (Å²) in [5.74, 6) is -0.470. The second-order valence-electron chi connectivity index (χ2n) is 9.81. The molecule has 5 aromatic carbocycles. The first-order valence-corrected chi connectivity index (χ1v) is 13.0. The maximum Gasteiger partial charge on any atom is 0.177 e. The third-order valence-corrected chi connectivity index (χ3v) is 7.67. The Morgan fingerprint density at radius 1 is 0.585 bits per heavy atom. The van der Waals surface area contributed by atoms with Gasteiger partial charge < -0.3 is 9.80 Å². The summed E-state index contributed by atoms with van der Waals surface area (Å²) >= 11 is 0. The standard InChI is InChI=1S/C34H17FN6/c35-23-17-30(21-11-8-12-22-31(21)32(23)34-33(22)38-24(18-36)25(19-37)39-34)41-28-15-6-4-13-26(28)40(20-9-2-1-3-10-20)27-14-5-7-16-29(27)41/h1-17H. The number of hydrogen-bond acceptors (Lipinski definition) is 6. The molecule has 0 unspecified atom stereocenters. The van der Waals surface area contributed by atoms with Crippen LogP contribution in [0.25, 0.3) is 33.3 Å². The lowest BCUT2D eigenvalue weighted by Crippen LogP contribution is -2.24. The zero-order chi connectivity index (χ0) is 27.7. The molecule has 0 atom stereocenters. The molecule has 1 aliphatic heterocycles. The van der Waals surface area contributed by atoms with Crippen LogP contribution in [-0.2, 0) is 0 Å². The van der Waals surface area contributed by atoms with Gasteiger partial charge in [-0.05, 0) is 42.5 Å². The van der Waals surface area contributed by atoms with Crippen molar-refractivity contribution in [3.63, 3.8) is 0 Å². The number of benzene rings is 5. The van der Waals surface area contributed by atoms with Crippen molar-refractivity contribution < 1.29 is 4.39 Å². The van der Waals surface area contributed by atoms with E-state index >= 15 is 4.39 Å². The molecule has 8 rings (SSSR count). The molecule has 2 heterocycles. The van der Waals surface area contributed by atoms with Crippen molar-refractivity contribution in [3.05, 3.63) is 120 Å². The highest BCUT2D eigenvalue weighted by Crippen LogP contribution is 2.57. The second-order valence-corrected chi connectivity index (χ2v) is 9.81. The smallest absolute Gasteiger partial charge is 0.177 e. The predicted molar refractivity (Wildman–Crippen MR) is 156 cm³/mol. The first-order valence-electron chi connectivity index (χ1n) is 13.0. The van der Waals surface area contributed by atoms with E-state index < -0.39 is 5.82 Å². The fourth-order valence-electron chi connectivity index (χ4n) is 6.05. The van der Waals surface area contributed by atoms with Crippen LogP contribution in [0.5, 0.6) is 0 Å². The highest BCUT2D eigenvalue weighted by molar-refractivity contribution is 6.19. The van der Waals surface area contributed by atoms with Gasteiger partial charge in [0.15, 0.2) is 11.4 Å². The average Bonchev–Trinajstić information content (AvgIpc) is 3.36. The summed E-state index contributed by atoms with van der Waals surface area (Å²) in [6.45, 7) is 0. The number of para-hydroxylation sites is 5. The Bertz CT molecular complexity index is 2110. The number of aromatic nitrogens is 2. The fourth-order valence-corrected chi connectivity index (χ4v) is 6.05. The lowest BCUT2D eigenvalue weighted by atomic mass is 9.98. The lowest BCUT2D eigenvalue weighted by molar-refractivity contribution is 0.633. The molecule has 2 aliphatic rings. The Morgan fingerprint density at radius 3 is 1.76 bits per heavy atom. The van der Waals surface area contributed by atoms with Gasteiger partial charge in [0.1, 0.15) is 23.6 Å². The molecule has 0 saturated carbocycles. The van der Waals surface area contributed by atoms with E-state index in [1.54, 1.807) is 0 Å². The Kier molecular flexibility index (Phi) is 4.73. The van der Waals surface area contributed by atoms with Crippen LogP contribution in [0.3, 0.4) is 0 Å². The molecule has 41 heavy (non-hydrogen) atoms. The minimum absolute atomic E-state index is 0.0726. The topological polar surface area (TPSA) is 79.8 Å². The summed E-state index contributed by atoms with van der Waals surface area (Å²) in [5, 5.41) is 20.6. The number of fused-ring (bicyclic) bond motifs is 5. The number of nitrogens with zero attached hydrogens (tertiary/aromatic N) is 6. The summed E-state index contributed by atoms with van der Waals surface area (Å²) < 4.78 is 16.3. The van der Waals surface area contributed by atoms with Gasteiger partial charge >= 0.3 is 0 Å². The van der Waals surface area contributed by atoms with Crippen molar-refractivity contribution in [2.24, 2.45) is 0 Å². The number of halogens is 1. The first kappa shape index (κ1) is 22.9. The zero-order valence-electron chi connectivity index (χ0n) is 21.4. The van der Waals surface area contributed by atoms with E-state index in [4.69, 9.17) is 0 Å². The highest BCUT2D eigenvalue weighted by Gasteiger charge is 2.35. The summed E-state index contributed by atoms with van der Waals surface area (Å²) in [5.41, 5.74) is 6.91. The maximum atomic E-state index is 16.3. The van der Waals surface area contributed by atoms with Crippen LogP contribution < -0.4 is 9.80 Å². The molecular formula is C34H17FN6. The quantitative estimate of drug-likeness (QED) is 0.224. The van der Waals surface area contributed by atoms with E-state index in [-0.39, 0.29) is 17.1 Å². The Balaban J connectivity index is 1.43. The van der Waals surface area contributed by atoms with Crippen molar-refractivity contribution in [3.8, 4) is 34.7 Å². The molecule has 0 spiro atoms. The summed E-state index contributed by atoms with van der Waals surface area (Å²) in [4.78, 5) is 13.2. The molecule has 0 amide bonds. The molecule has 6 nitrogen and oxygen atoms in total. The van der Waals surface area contributed by atoms with Gasteiger partial charge in [0, 0.05) is 27.6 Å². The summed E-state index contributed by atoms with van der Waals surface area (Å²) in [6, 6.07) is 37.5. The third-order valence-electron chi connectivity index (χ3n) is 7.67. The number of rotatable bonds is 2. The van der Waals surface area contributed by atoms with Crippen molar-refractivity contribution in [1.82, 2.24) is 9.97 Å². The van der Waals surface area contributed by atoms with E-state index in [1.807, 2.05) is 84.9 Å². The van der Waals surface area contributed by atoms with Crippen LogP contribution in [0.15, 0.2) is 103 Å². The van der Waals surface area contributed by atoms with E-state index in [0.29, 0.717) is 27.9 Å². The van der Waals surface area contributed by atoms with Crippen molar-refractivity contribution >= 4 is 44.9 Å². The second kappa shape index (κ2) is 8.47. The molecule has 0 radical (unpaired) electrons. The molecule has 0 fully saturated rings. The minimum atomic E-state index is -0.470. The van der Waals surface area contributed by atoms with Crippen LogP contribution in [0.1, 0.15) is 11.4 Å². The normalized spacial score (nSPS) is 12.4. The molecule has 6 aromatic rings. The van der Waals surface area contributed by atoms with Gasteiger partial charge in [-0.2, -0.15) is 10.5 Å². The number of hydrogen-bond donors (Lipinski definition) is 0. The van der Waals surface area contributed by atoms with Gasteiger partial charge in [-0.15, -0.1) is 0 Å². The fraction of sp³-hybridized carbons (Fsp3) is 0. The van der Waals surface area contributed by atoms with Gasteiger partial charge in [0.25, 0.3) is 0 Å². The Hall–Kier alpha value is -6.05. The van der Waals surface area contributed by atoms with Gasteiger partial charge in [-0.3, -0.25) is 0 Å². The van der Waals surface area contributed by atoms with E-state index in [2.05, 4.69) is 44.0 Å². The SMILES string of the molecule is N#Cc1nc2c(nc1C#N)-c1c(F)cc(N3c4ccccc4N(c4ccccc4)c4ccccc43)c3cccc-2c13. The van der Waals surface area contributed by atoms with Crippen molar-refractivity contribution in [2.45, 2.75) is 0 Å². The van der Waals surface area contributed by atoms with Crippen molar-refractivity contribution in [2.75, 3.05) is 9.80 Å². The van der Waals surface area contributed by atoms with Crippen LogP contribution in [0.2, 0.25) is 0 Å². The van der Waals surface area contributed by atoms with Crippen LogP contribution in [0, 0.1) is 28.5 Å². The predicted octanol–water partition coefficient (Wildman–Crippen LogP) is 8.41. The average molecular weight is 529 g/mol. The zero-order valence-corrected chi connectivity index (χ0v) is 21.4. The van der Waals surface area contributed by atoms with Crippen LogP contribution in [0.4, 0.5) is 38.5 Å². The number of nitriles is 2. The molecule has 0 bridgehead atoms. The minimum Gasteiger partial charge on any atom is -0.306 e. The highest BCUT2D eigenvalue weighted by atomic mass is 19.1. The molecule has 1 aromatic heterocycles. The van der Waals surface area contributed by atoms with Crippen LogP contribution in [-0.4, -0.2) is 9.97 Å². The molecule has 1 aliphatic carbocycles. The van der Waals surface area contributed by atoms with Gasteiger partial charge in [0.2, 0.25) is 0 Å². The summed E-state index contributed by atoms with van der Waals surface area (Å²) in [6.07, 6.45) is 0. The van der Waals surface area contributed by atoms with E-state index in [1.165, 1.54) is 6.07 Å².